The SMILES string of the molecule is COc1ccc(CN2CCC3OCCCC3(COCC3CCCC3)C2)cc1. The molecule has 0 N–H and O–H groups in total. The number of ether oxygens (including phenoxy) is 3. The Morgan fingerprint density at radius 2 is 1.93 bits per heavy atom. The van der Waals surface area contributed by atoms with Gasteiger partial charge in [0.25, 0.3) is 0 Å². The van der Waals surface area contributed by atoms with E-state index < -0.39 is 0 Å². The summed E-state index contributed by atoms with van der Waals surface area (Å²) in [7, 11) is 1.72. The van der Waals surface area contributed by atoms with E-state index in [0.29, 0.717) is 6.10 Å². The van der Waals surface area contributed by atoms with Gasteiger partial charge < -0.3 is 14.2 Å². The Labute approximate surface area is 164 Å². The van der Waals surface area contributed by atoms with E-state index in [4.69, 9.17) is 14.2 Å². The Bertz CT molecular complexity index is 584. The highest BCUT2D eigenvalue weighted by Crippen LogP contribution is 2.41. The first kappa shape index (κ1) is 19.2. The number of methoxy groups -OCH3 is 1. The lowest BCUT2D eigenvalue weighted by Gasteiger charge is -2.50. The highest BCUT2D eigenvalue weighted by Gasteiger charge is 2.46. The van der Waals surface area contributed by atoms with Crippen molar-refractivity contribution in [2.24, 2.45) is 11.3 Å². The van der Waals surface area contributed by atoms with Crippen LogP contribution >= 0.6 is 0 Å². The number of hydrogen-bond acceptors (Lipinski definition) is 4. The summed E-state index contributed by atoms with van der Waals surface area (Å²) >= 11 is 0. The summed E-state index contributed by atoms with van der Waals surface area (Å²) in [5.41, 5.74) is 1.54. The van der Waals surface area contributed by atoms with Crippen molar-refractivity contribution in [3.63, 3.8) is 0 Å². The van der Waals surface area contributed by atoms with Gasteiger partial charge in [-0.05, 0) is 55.7 Å². The van der Waals surface area contributed by atoms with Gasteiger partial charge in [0, 0.05) is 38.3 Å². The molecule has 0 bridgehead atoms. The molecule has 2 aliphatic heterocycles. The van der Waals surface area contributed by atoms with Crippen LogP contribution in [0.2, 0.25) is 0 Å². The molecular weight excluding hydrogens is 338 g/mol. The molecule has 1 aromatic carbocycles. The van der Waals surface area contributed by atoms with Crippen LogP contribution in [0.5, 0.6) is 5.75 Å². The first-order valence-corrected chi connectivity index (χ1v) is 10.8. The highest BCUT2D eigenvalue weighted by molar-refractivity contribution is 5.27. The van der Waals surface area contributed by atoms with Crippen LogP contribution < -0.4 is 4.74 Å². The molecule has 0 aromatic heterocycles. The molecular formula is C23H35NO3. The fraction of sp³-hybridized carbons (Fsp3) is 0.739. The Hall–Kier alpha value is -1.10. The van der Waals surface area contributed by atoms with Gasteiger partial charge in [0.15, 0.2) is 0 Å². The summed E-state index contributed by atoms with van der Waals surface area (Å²) in [6.45, 7) is 5.95. The maximum absolute atomic E-state index is 6.32. The lowest BCUT2D eigenvalue weighted by molar-refractivity contribution is -0.155. The van der Waals surface area contributed by atoms with Gasteiger partial charge in [-0.1, -0.05) is 25.0 Å². The third kappa shape index (κ3) is 4.67. The quantitative estimate of drug-likeness (QED) is 0.714. The van der Waals surface area contributed by atoms with Crippen molar-refractivity contribution < 1.29 is 14.2 Å². The molecule has 4 nitrogen and oxygen atoms in total. The molecule has 3 fully saturated rings. The monoisotopic (exact) mass is 373 g/mol. The van der Waals surface area contributed by atoms with Gasteiger partial charge in [-0.3, -0.25) is 4.90 Å². The Morgan fingerprint density at radius 3 is 2.70 bits per heavy atom. The van der Waals surface area contributed by atoms with Crippen LogP contribution in [-0.2, 0) is 16.0 Å². The molecule has 4 rings (SSSR count). The second-order valence-corrected chi connectivity index (χ2v) is 8.84. The first-order chi connectivity index (χ1) is 13.3. The zero-order valence-electron chi connectivity index (χ0n) is 16.8. The fourth-order valence-corrected chi connectivity index (χ4v) is 5.32. The third-order valence-electron chi connectivity index (χ3n) is 6.85. The van der Waals surface area contributed by atoms with Crippen LogP contribution in [0.15, 0.2) is 24.3 Å². The van der Waals surface area contributed by atoms with Gasteiger partial charge >= 0.3 is 0 Å². The number of piperidine rings is 1. The zero-order valence-corrected chi connectivity index (χ0v) is 16.8. The number of nitrogens with zero attached hydrogens (tertiary/aromatic N) is 1. The average Bonchev–Trinajstić information content (AvgIpc) is 3.22. The summed E-state index contributed by atoms with van der Waals surface area (Å²) in [6, 6.07) is 8.50. The fourth-order valence-electron chi connectivity index (χ4n) is 5.32. The van der Waals surface area contributed by atoms with Crippen LogP contribution in [0.4, 0.5) is 0 Å². The average molecular weight is 374 g/mol. The van der Waals surface area contributed by atoms with Crippen LogP contribution in [0.25, 0.3) is 0 Å². The third-order valence-corrected chi connectivity index (χ3v) is 6.85. The summed E-state index contributed by atoms with van der Waals surface area (Å²) in [5, 5.41) is 0. The second kappa shape index (κ2) is 8.93. The van der Waals surface area contributed by atoms with E-state index in [1.807, 2.05) is 0 Å². The van der Waals surface area contributed by atoms with Crippen LogP contribution in [0.1, 0.15) is 50.5 Å². The number of rotatable bonds is 7. The summed E-state index contributed by atoms with van der Waals surface area (Å²) in [5.74, 6) is 1.72. The minimum absolute atomic E-state index is 0.182. The van der Waals surface area contributed by atoms with Crippen molar-refractivity contribution in [2.45, 2.75) is 57.6 Å². The molecule has 2 saturated heterocycles. The molecule has 1 saturated carbocycles. The Balaban J connectivity index is 1.37. The predicted octanol–water partition coefficient (Wildman–Crippen LogP) is 4.27. The first-order valence-electron chi connectivity index (χ1n) is 10.8. The molecule has 0 radical (unpaired) electrons. The summed E-state index contributed by atoms with van der Waals surface area (Å²) in [6.07, 6.45) is 9.40. The Kier molecular flexibility index (Phi) is 6.36. The van der Waals surface area contributed by atoms with E-state index in [2.05, 4.69) is 29.2 Å². The zero-order chi connectivity index (χ0) is 18.5. The molecule has 0 amide bonds. The summed E-state index contributed by atoms with van der Waals surface area (Å²) < 4.78 is 17.8. The van der Waals surface area contributed by atoms with Gasteiger partial charge in [0.2, 0.25) is 0 Å². The smallest absolute Gasteiger partial charge is 0.118 e. The van der Waals surface area contributed by atoms with E-state index in [9.17, 15) is 0 Å². The van der Waals surface area contributed by atoms with Crippen LogP contribution in [0, 0.1) is 11.3 Å². The van der Waals surface area contributed by atoms with Gasteiger partial charge in [-0.25, -0.2) is 0 Å². The molecule has 1 aliphatic carbocycles. The Morgan fingerprint density at radius 1 is 1.11 bits per heavy atom. The van der Waals surface area contributed by atoms with Crippen LogP contribution in [-0.4, -0.2) is 51.0 Å². The largest absolute Gasteiger partial charge is 0.497 e. The van der Waals surface area contributed by atoms with Gasteiger partial charge in [0.05, 0.1) is 19.8 Å². The van der Waals surface area contributed by atoms with Gasteiger partial charge in [-0.2, -0.15) is 0 Å². The molecule has 2 unspecified atom stereocenters. The second-order valence-electron chi connectivity index (χ2n) is 8.84. The topological polar surface area (TPSA) is 30.9 Å². The van der Waals surface area contributed by atoms with Gasteiger partial charge in [0.1, 0.15) is 5.75 Å². The summed E-state index contributed by atoms with van der Waals surface area (Å²) in [4.78, 5) is 2.60. The molecule has 2 heterocycles. The highest BCUT2D eigenvalue weighted by atomic mass is 16.5. The van der Waals surface area contributed by atoms with E-state index in [1.54, 1.807) is 7.11 Å². The molecule has 150 valence electrons. The van der Waals surface area contributed by atoms with Crippen molar-refractivity contribution in [2.75, 3.05) is 40.0 Å². The molecule has 1 aromatic rings. The normalized spacial score (nSPS) is 29.6. The number of likely N-dealkylation sites (tertiary alicyclic amines) is 1. The van der Waals surface area contributed by atoms with E-state index >= 15 is 0 Å². The van der Waals surface area contributed by atoms with Crippen molar-refractivity contribution >= 4 is 0 Å². The standard InChI is InChI=1S/C23H35NO3/c1-25-21-9-7-19(8-10-21)15-24-13-11-22-23(17-24,12-4-14-27-22)18-26-16-20-5-2-3-6-20/h7-10,20,22H,2-6,11-18H2,1H3. The van der Waals surface area contributed by atoms with Gasteiger partial charge in [-0.15, -0.1) is 0 Å². The lowest BCUT2D eigenvalue weighted by atomic mass is 9.73. The molecule has 0 spiro atoms. The maximum Gasteiger partial charge on any atom is 0.118 e. The lowest BCUT2D eigenvalue weighted by Crippen LogP contribution is -2.56. The van der Waals surface area contributed by atoms with Crippen molar-refractivity contribution in [1.29, 1.82) is 0 Å². The maximum atomic E-state index is 6.32. The van der Waals surface area contributed by atoms with Crippen molar-refractivity contribution in [3.8, 4) is 5.75 Å². The van der Waals surface area contributed by atoms with E-state index in [-0.39, 0.29) is 5.41 Å². The molecule has 2 atom stereocenters. The number of benzene rings is 1. The predicted molar refractivity (Wildman–Crippen MR) is 107 cm³/mol. The van der Waals surface area contributed by atoms with Crippen LogP contribution in [0.3, 0.4) is 0 Å². The minimum Gasteiger partial charge on any atom is -0.497 e. The molecule has 4 heteroatoms. The molecule has 3 aliphatic rings. The molecule has 27 heavy (non-hydrogen) atoms. The van der Waals surface area contributed by atoms with E-state index in [1.165, 1.54) is 44.1 Å². The minimum atomic E-state index is 0.182. The van der Waals surface area contributed by atoms with E-state index in [0.717, 1.165) is 57.5 Å². The van der Waals surface area contributed by atoms with Crippen molar-refractivity contribution in [1.82, 2.24) is 4.90 Å². The number of fused-ring (bicyclic) bond motifs is 1. The number of hydrogen-bond donors (Lipinski definition) is 0. The van der Waals surface area contributed by atoms with Crippen molar-refractivity contribution in [3.05, 3.63) is 29.8 Å².